The predicted octanol–water partition coefficient (Wildman–Crippen LogP) is 5.71. The van der Waals surface area contributed by atoms with Crippen LogP contribution >= 0.6 is 15.9 Å². The zero-order valence-corrected chi connectivity index (χ0v) is 15.9. The average Bonchev–Trinajstić information content (AvgIpc) is 2.35. The number of alkyl halides is 1. The van der Waals surface area contributed by atoms with E-state index in [1.807, 2.05) is 0 Å². The van der Waals surface area contributed by atoms with Crippen LogP contribution in [0.15, 0.2) is 24.3 Å². The van der Waals surface area contributed by atoms with Crippen molar-refractivity contribution in [2.24, 2.45) is 0 Å². The van der Waals surface area contributed by atoms with Crippen LogP contribution in [-0.4, -0.2) is 5.11 Å². The van der Waals surface area contributed by atoms with Gasteiger partial charge in [0, 0.05) is 0 Å². The first-order chi connectivity index (χ1) is 10.2. The topological polar surface area (TPSA) is 20.2 Å². The summed E-state index contributed by atoms with van der Waals surface area (Å²) in [5.74, 6) is 0. The summed E-state index contributed by atoms with van der Waals surface area (Å²) in [5.41, 5.74) is 9.47. The highest BCUT2D eigenvalue weighted by atomic mass is 79.9. The van der Waals surface area contributed by atoms with Crippen molar-refractivity contribution in [2.45, 2.75) is 52.5 Å². The smallest absolute Gasteiger partial charge is 0.0961 e. The Bertz CT molecular complexity index is 595. The van der Waals surface area contributed by atoms with Gasteiger partial charge >= 0.3 is 0 Å². The van der Waals surface area contributed by atoms with Crippen molar-refractivity contribution in [1.29, 1.82) is 0 Å². The highest BCUT2D eigenvalue weighted by molar-refractivity contribution is 9.09. The van der Waals surface area contributed by atoms with Crippen LogP contribution in [0.2, 0.25) is 0 Å². The van der Waals surface area contributed by atoms with Crippen LogP contribution in [0.3, 0.4) is 0 Å². The molecule has 0 aliphatic heterocycles. The molecule has 0 spiro atoms. The van der Waals surface area contributed by atoms with Gasteiger partial charge in [-0.15, -0.1) is 0 Å². The number of benzene rings is 2. The van der Waals surface area contributed by atoms with E-state index in [-0.39, 0.29) is 4.83 Å². The Labute approximate surface area is 142 Å². The summed E-state index contributed by atoms with van der Waals surface area (Å²) in [6, 6.07) is 8.64. The molecular weight excluding hydrogens is 336 g/mol. The van der Waals surface area contributed by atoms with Gasteiger partial charge in [0.05, 0.1) is 10.9 Å². The number of aliphatic hydroxyl groups excluding tert-OH is 1. The van der Waals surface area contributed by atoms with E-state index in [0.29, 0.717) is 0 Å². The van der Waals surface area contributed by atoms with Crippen molar-refractivity contribution in [2.75, 3.05) is 0 Å². The molecule has 0 amide bonds. The Kier molecular flexibility index (Phi) is 5.14. The van der Waals surface area contributed by atoms with Crippen molar-refractivity contribution < 1.29 is 5.11 Å². The number of aliphatic hydroxyl groups is 1. The minimum atomic E-state index is -0.555. The van der Waals surface area contributed by atoms with Gasteiger partial charge in [0.25, 0.3) is 0 Å². The third kappa shape index (κ3) is 3.28. The molecule has 2 aromatic carbocycles. The molecule has 0 radical (unpaired) electrons. The van der Waals surface area contributed by atoms with Crippen LogP contribution in [-0.2, 0) is 0 Å². The summed E-state index contributed by atoms with van der Waals surface area (Å²) in [6.45, 7) is 12.6. The predicted molar refractivity (Wildman–Crippen MR) is 97.9 cm³/mol. The van der Waals surface area contributed by atoms with Crippen molar-refractivity contribution in [1.82, 2.24) is 0 Å². The fraction of sp³-hybridized carbons (Fsp3) is 0.400. The molecule has 1 N–H and O–H groups in total. The summed E-state index contributed by atoms with van der Waals surface area (Å²) < 4.78 is 0. The van der Waals surface area contributed by atoms with E-state index < -0.39 is 6.10 Å². The van der Waals surface area contributed by atoms with Crippen LogP contribution in [0.1, 0.15) is 55.4 Å². The molecule has 2 aromatic rings. The van der Waals surface area contributed by atoms with Crippen LogP contribution in [0.25, 0.3) is 0 Å². The van der Waals surface area contributed by atoms with Gasteiger partial charge < -0.3 is 5.11 Å². The SMILES string of the molecule is Cc1cc(C)c([C@H](O)[C@@H](Br)c2c(C)cc(C)cc2C)c(C)c1. The molecule has 118 valence electrons. The molecule has 2 heteroatoms. The van der Waals surface area contributed by atoms with Gasteiger partial charge in [-0.2, -0.15) is 0 Å². The minimum absolute atomic E-state index is 0.104. The van der Waals surface area contributed by atoms with Gasteiger partial charge in [0.1, 0.15) is 0 Å². The molecule has 0 aromatic heterocycles. The molecular formula is C20H25BrO. The quantitative estimate of drug-likeness (QED) is 0.695. The lowest BCUT2D eigenvalue weighted by atomic mass is 9.89. The Hall–Kier alpha value is -1.12. The highest BCUT2D eigenvalue weighted by Gasteiger charge is 2.25. The fourth-order valence-electron chi connectivity index (χ4n) is 3.59. The molecule has 0 bridgehead atoms. The highest BCUT2D eigenvalue weighted by Crippen LogP contribution is 2.41. The second-order valence-electron chi connectivity index (χ2n) is 6.47. The molecule has 0 saturated heterocycles. The largest absolute Gasteiger partial charge is 0.387 e. The summed E-state index contributed by atoms with van der Waals surface area (Å²) in [6.07, 6.45) is -0.555. The maximum absolute atomic E-state index is 11.0. The molecule has 0 aliphatic rings. The molecule has 2 rings (SSSR count). The van der Waals surface area contributed by atoms with Crippen molar-refractivity contribution in [3.05, 3.63) is 68.8 Å². The third-order valence-electron chi connectivity index (χ3n) is 4.32. The van der Waals surface area contributed by atoms with Gasteiger partial charge in [-0.1, -0.05) is 51.3 Å². The van der Waals surface area contributed by atoms with Crippen LogP contribution in [0, 0.1) is 41.5 Å². The summed E-state index contributed by atoms with van der Waals surface area (Å²) >= 11 is 3.75. The number of hydrogen-bond acceptors (Lipinski definition) is 1. The van der Waals surface area contributed by atoms with E-state index >= 15 is 0 Å². The van der Waals surface area contributed by atoms with Crippen LogP contribution in [0.5, 0.6) is 0 Å². The molecule has 2 atom stereocenters. The first-order valence-corrected chi connectivity index (χ1v) is 8.61. The second kappa shape index (κ2) is 6.55. The van der Waals surface area contributed by atoms with E-state index in [1.165, 1.54) is 27.8 Å². The fourth-order valence-corrected chi connectivity index (χ4v) is 4.57. The zero-order valence-electron chi connectivity index (χ0n) is 14.3. The molecule has 22 heavy (non-hydrogen) atoms. The lowest BCUT2D eigenvalue weighted by molar-refractivity contribution is 0.175. The van der Waals surface area contributed by atoms with E-state index in [1.54, 1.807) is 0 Å². The monoisotopic (exact) mass is 360 g/mol. The Morgan fingerprint density at radius 1 is 0.682 bits per heavy atom. The molecule has 0 unspecified atom stereocenters. The Morgan fingerprint density at radius 3 is 1.36 bits per heavy atom. The lowest BCUT2D eigenvalue weighted by Crippen LogP contribution is -2.11. The molecule has 0 saturated carbocycles. The third-order valence-corrected chi connectivity index (χ3v) is 5.28. The Morgan fingerprint density at radius 2 is 1.00 bits per heavy atom. The molecule has 0 fully saturated rings. The van der Waals surface area contributed by atoms with E-state index in [2.05, 4.69) is 81.7 Å². The van der Waals surface area contributed by atoms with E-state index in [4.69, 9.17) is 0 Å². The molecule has 1 nitrogen and oxygen atoms in total. The van der Waals surface area contributed by atoms with Crippen LogP contribution in [0.4, 0.5) is 0 Å². The Balaban J connectivity index is 2.49. The first-order valence-electron chi connectivity index (χ1n) is 7.70. The van der Waals surface area contributed by atoms with Gasteiger partial charge in [-0.25, -0.2) is 0 Å². The van der Waals surface area contributed by atoms with Crippen molar-refractivity contribution in [3.63, 3.8) is 0 Å². The summed E-state index contributed by atoms with van der Waals surface area (Å²) in [5, 5.41) is 11.0. The van der Waals surface area contributed by atoms with Crippen LogP contribution < -0.4 is 0 Å². The lowest BCUT2D eigenvalue weighted by Gasteiger charge is -2.25. The van der Waals surface area contributed by atoms with Crippen molar-refractivity contribution in [3.8, 4) is 0 Å². The summed E-state index contributed by atoms with van der Waals surface area (Å²) in [4.78, 5) is -0.104. The van der Waals surface area contributed by atoms with Gasteiger partial charge in [0.15, 0.2) is 0 Å². The minimum Gasteiger partial charge on any atom is -0.387 e. The molecule has 0 aliphatic carbocycles. The number of aryl methyl sites for hydroxylation is 6. The standard InChI is InChI=1S/C20H25BrO/c1-11-7-13(3)17(14(4)8-11)19(21)20(22)18-15(5)9-12(2)10-16(18)6/h7-10,19-20,22H,1-6H3/t19-,20-/m0/s1. The average molecular weight is 361 g/mol. The number of rotatable bonds is 3. The van der Waals surface area contributed by atoms with E-state index in [9.17, 15) is 5.11 Å². The first kappa shape index (κ1) is 17.2. The van der Waals surface area contributed by atoms with Gasteiger partial charge in [-0.3, -0.25) is 0 Å². The zero-order chi connectivity index (χ0) is 16.6. The number of halogens is 1. The molecule has 0 heterocycles. The second-order valence-corrected chi connectivity index (χ2v) is 7.46. The normalized spacial score (nSPS) is 14.0. The maximum Gasteiger partial charge on any atom is 0.0961 e. The van der Waals surface area contributed by atoms with Gasteiger partial charge in [0.2, 0.25) is 0 Å². The summed E-state index contributed by atoms with van der Waals surface area (Å²) in [7, 11) is 0. The number of hydrogen-bond donors (Lipinski definition) is 1. The maximum atomic E-state index is 11.0. The van der Waals surface area contributed by atoms with Gasteiger partial charge in [-0.05, 0) is 74.9 Å². The van der Waals surface area contributed by atoms with E-state index in [0.717, 1.165) is 16.7 Å². The van der Waals surface area contributed by atoms with Crippen molar-refractivity contribution >= 4 is 15.9 Å².